The molecule has 1 N–H and O–H groups in total. The van der Waals surface area contributed by atoms with Gasteiger partial charge in [0, 0.05) is 18.0 Å². The van der Waals surface area contributed by atoms with Crippen molar-refractivity contribution in [1.29, 1.82) is 0 Å². The average Bonchev–Trinajstić information content (AvgIpc) is 3.28. The maximum absolute atomic E-state index is 13.4. The van der Waals surface area contributed by atoms with Gasteiger partial charge in [0.15, 0.2) is 5.13 Å². The topological polar surface area (TPSA) is 45.2 Å². The van der Waals surface area contributed by atoms with Crippen LogP contribution in [0.15, 0.2) is 35.7 Å². The first-order valence-electron chi connectivity index (χ1n) is 8.30. The molecule has 1 atom stereocenters. The van der Waals surface area contributed by atoms with Crippen molar-refractivity contribution in [2.75, 3.05) is 18.0 Å². The van der Waals surface area contributed by atoms with Crippen LogP contribution in [0, 0.1) is 11.7 Å². The van der Waals surface area contributed by atoms with Crippen molar-refractivity contribution in [2.24, 2.45) is 5.92 Å². The lowest BCUT2D eigenvalue weighted by Crippen LogP contribution is -2.42. The summed E-state index contributed by atoms with van der Waals surface area (Å²) in [6.45, 7) is 2.14. The molecule has 1 saturated heterocycles. The summed E-state index contributed by atoms with van der Waals surface area (Å²) in [5, 5.41) is 5.92. The summed E-state index contributed by atoms with van der Waals surface area (Å²) in [5.41, 5.74) is 0.811. The number of hydrogen-bond acceptors (Lipinski definition) is 5. The fourth-order valence-corrected chi connectivity index (χ4v) is 4.79. The van der Waals surface area contributed by atoms with Crippen molar-refractivity contribution in [2.45, 2.75) is 19.4 Å². The van der Waals surface area contributed by atoms with E-state index in [1.165, 1.54) is 23.5 Å². The summed E-state index contributed by atoms with van der Waals surface area (Å²) in [7, 11) is 0. The third-order valence-corrected chi connectivity index (χ3v) is 6.37. The van der Waals surface area contributed by atoms with Crippen LogP contribution in [0.25, 0.3) is 10.2 Å². The number of piperidine rings is 1. The standard InChI is InChI=1S/C18H18FN3OS2/c19-13-5-6-15-16(9-13)25-18(21-15)22-7-1-3-12(11-22)17(23)20-10-14-4-2-8-24-14/h2,4-6,8-9,12H,1,3,7,10-11H2,(H,20,23). The first-order valence-corrected chi connectivity index (χ1v) is 10.00. The van der Waals surface area contributed by atoms with E-state index in [0.717, 1.165) is 39.6 Å². The third-order valence-electron chi connectivity index (χ3n) is 4.42. The third kappa shape index (κ3) is 3.67. The Balaban J connectivity index is 1.43. The number of thiazole rings is 1. The lowest BCUT2D eigenvalue weighted by Gasteiger charge is -2.31. The van der Waals surface area contributed by atoms with Gasteiger partial charge >= 0.3 is 0 Å². The summed E-state index contributed by atoms with van der Waals surface area (Å²) in [5.74, 6) is -0.171. The summed E-state index contributed by atoms with van der Waals surface area (Å²) < 4.78 is 14.2. The van der Waals surface area contributed by atoms with Gasteiger partial charge in [-0.1, -0.05) is 17.4 Å². The van der Waals surface area contributed by atoms with Gasteiger partial charge in [0.1, 0.15) is 5.82 Å². The Morgan fingerprint density at radius 1 is 1.40 bits per heavy atom. The first-order chi connectivity index (χ1) is 12.2. The average molecular weight is 375 g/mol. The molecule has 1 unspecified atom stereocenters. The van der Waals surface area contributed by atoms with Gasteiger partial charge in [0.25, 0.3) is 0 Å². The fraction of sp³-hybridized carbons (Fsp3) is 0.333. The molecule has 0 spiro atoms. The zero-order valence-electron chi connectivity index (χ0n) is 13.6. The Hall–Kier alpha value is -1.99. The molecule has 25 heavy (non-hydrogen) atoms. The molecular formula is C18H18FN3OS2. The second-order valence-corrected chi connectivity index (χ2v) is 8.23. The number of carbonyl (C=O) groups excluding carboxylic acids is 1. The second-order valence-electron chi connectivity index (χ2n) is 6.19. The summed E-state index contributed by atoms with van der Waals surface area (Å²) >= 11 is 3.14. The van der Waals surface area contributed by atoms with E-state index in [0.29, 0.717) is 13.1 Å². The highest BCUT2D eigenvalue weighted by Crippen LogP contribution is 2.32. The first kappa shape index (κ1) is 16.5. The number of aromatic nitrogens is 1. The molecule has 7 heteroatoms. The molecule has 4 nitrogen and oxygen atoms in total. The lowest BCUT2D eigenvalue weighted by atomic mass is 9.97. The highest BCUT2D eigenvalue weighted by Gasteiger charge is 2.27. The van der Waals surface area contributed by atoms with E-state index in [9.17, 15) is 9.18 Å². The van der Waals surface area contributed by atoms with Crippen molar-refractivity contribution < 1.29 is 9.18 Å². The second kappa shape index (κ2) is 7.09. The molecule has 1 aliphatic heterocycles. The molecule has 1 amide bonds. The lowest BCUT2D eigenvalue weighted by molar-refractivity contribution is -0.125. The number of nitrogens with one attached hydrogen (secondary N) is 1. The Morgan fingerprint density at radius 2 is 2.32 bits per heavy atom. The Morgan fingerprint density at radius 3 is 3.16 bits per heavy atom. The van der Waals surface area contributed by atoms with Gasteiger partial charge in [-0.15, -0.1) is 11.3 Å². The summed E-state index contributed by atoms with van der Waals surface area (Å²) in [4.78, 5) is 20.4. The number of hydrogen-bond donors (Lipinski definition) is 1. The molecule has 130 valence electrons. The number of amides is 1. The number of halogens is 1. The van der Waals surface area contributed by atoms with Gasteiger partial charge in [-0.05, 0) is 42.5 Å². The van der Waals surface area contributed by atoms with Gasteiger partial charge in [0.2, 0.25) is 5.91 Å². The Kier molecular flexibility index (Phi) is 4.67. The number of carbonyl (C=O) groups is 1. The summed E-state index contributed by atoms with van der Waals surface area (Å²) in [6.07, 6.45) is 1.85. The zero-order valence-corrected chi connectivity index (χ0v) is 15.2. The van der Waals surface area contributed by atoms with Crippen LogP contribution < -0.4 is 10.2 Å². The maximum Gasteiger partial charge on any atom is 0.225 e. The van der Waals surface area contributed by atoms with Gasteiger partial charge in [0.05, 0.1) is 22.7 Å². The van der Waals surface area contributed by atoms with Crippen LogP contribution in [-0.2, 0) is 11.3 Å². The van der Waals surface area contributed by atoms with E-state index in [2.05, 4.69) is 15.2 Å². The highest BCUT2D eigenvalue weighted by atomic mass is 32.1. The quantitative estimate of drug-likeness (QED) is 0.749. The Bertz CT molecular complexity index is 878. The van der Waals surface area contributed by atoms with Crippen LogP contribution in [0.5, 0.6) is 0 Å². The number of anilines is 1. The van der Waals surface area contributed by atoms with Gasteiger partial charge in [-0.25, -0.2) is 9.37 Å². The predicted molar refractivity (Wildman–Crippen MR) is 101 cm³/mol. The number of nitrogens with zero attached hydrogens (tertiary/aromatic N) is 2. The van der Waals surface area contributed by atoms with E-state index in [1.54, 1.807) is 17.4 Å². The van der Waals surface area contributed by atoms with Crippen molar-refractivity contribution in [1.82, 2.24) is 10.3 Å². The number of fused-ring (bicyclic) bond motifs is 1. The van der Waals surface area contributed by atoms with Crippen LogP contribution >= 0.6 is 22.7 Å². The molecular weight excluding hydrogens is 357 g/mol. The minimum absolute atomic E-state index is 0.0301. The van der Waals surface area contributed by atoms with E-state index in [4.69, 9.17) is 0 Å². The zero-order chi connectivity index (χ0) is 17.2. The molecule has 2 aromatic heterocycles. The van der Waals surface area contributed by atoms with E-state index >= 15 is 0 Å². The molecule has 0 radical (unpaired) electrons. The minimum Gasteiger partial charge on any atom is -0.351 e. The van der Waals surface area contributed by atoms with Gasteiger partial charge < -0.3 is 10.2 Å². The SMILES string of the molecule is O=C(NCc1cccs1)C1CCCN(c2nc3ccc(F)cc3s2)C1. The maximum atomic E-state index is 13.4. The molecule has 1 aliphatic rings. The number of thiophene rings is 1. The molecule has 0 saturated carbocycles. The normalized spacial score (nSPS) is 17.8. The smallest absolute Gasteiger partial charge is 0.225 e. The highest BCUT2D eigenvalue weighted by molar-refractivity contribution is 7.22. The molecule has 4 rings (SSSR count). The van der Waals surface area contributed by atoms with Gasteiger partial charge in [-0.2, -0.15) is 0 Å². The van der Waals surface area contributed by atoms with Crippen molar-refractivity contribution in [3.05, 3.63) is 46.4 Å². The molecule has 3 aromatic rings. The van der Waals surface area contributed by atoms with Crippen LogP contribution in [0.3, 0.4) is 0 Å². The van der Waals surface area contributed by atoms with Crippen molar-refractivity contribution >= 4 is 43.9 Å². The van der Waals surface area contributed by atoms with Crippen molar-refractivity contribution in [3.8, 4) is 0 Å². The van der Waals surface area contributed by atoms with Crippen LogP contribution in [-0.4, -0.2) is 24.0 Å². The largest absolute Gasteiger partial charge is 0.351 e. The van der Waals surface area contributed by atoms with Crippen LogP contribution in [0.2, 0.25) is 0 Å². The van der Waals surface area contributed by atoms with Crippen LogP contribution in [0.4, 0.5) is 9.52 Å². The molecule has 0 bridgehead atoms. The van der Waals surface area contributed by atoms with Gasteiger partial charge in [-0.3, -0.25) is 4.79 Å². The Labute approximate surface area is 153 Å². The summed E-state index contributed by atoms with van der Waals surface area (Å²) in [6, 6.07) is 8.68. The minimum atomic E-state index is -0.243. The van der Waals surface area contributed by atoms with E-state index in [1.807, 2.05) is 17.5 Å². The number of rotatable bonds is 4. The van der Waals surface area contributed by atoms with E-state index < -0.39 is 0 Å². The molecule has 0 aliphatic carbocycles. The monoisotopic (exact) mass is 375 g/mol. The fourth-order valence-electron chi connectivity index (χ4n) is 3.12. The predicted octanol–water partition coefficient (Wildman–Crippen LogP) is 4.03. The molecule has 3 heterocycles. The van der Waals surface area contributed by atoms with Crippen molar-refractivity contribution in [3.63, 3.8) is 0 Å². The van der Waals surface area contributed by atoms with E-state index in [-0.39, 0.29) is 17.6 Å². The molecule has 1 aromatic carbocycles. The number of benzene rings is 1. The van der Waals surface area contributed by atoms with Crippen LogP contribution in [0.1, 0.15) is 17.7 Å². The molecule has 1 fully saturated rings.